The standard InChI is InChI=1S/C24H29N3O/c1-20-23(15-25-27(20)17-22-11-6-3-7-12-22)18-26(19-24-13-8-14-28-24)16-21-9-4-2-5-10-21/h2-7,9-12,15,24H,8,13-14,16-19H2,1H3. The van der Waals surface area contributed by atoms with Crippen molar-refractivity contribution in [1.82, 2.24) is 14.7 Å². The van der Waals surface area contributed by atoms with Crippen LogP contribution < -0.4 is 0 Å². The topological polar surface area (TPSA) is 30.3 Å². The molecule has 0 aliphatic carbocycles. The van der Waals surface area contributed by atoms with Gasteiger partial charge >= 0.3 is 0 Å². The first-order valence-electron chi connectivity index (χ1n) is 10.2. The van der Waals surface area contributed by atoms with Gasteiger partial charge in [-0.05, 0) is 30.9 Å². The Balaban J connectivity index is 1.47. The third kappa shape index (κ3) is 4.89. The SMILES string of the molecule is Cc1c(CN(Cc2ccccc2)CC2CCCO2)cnn1Cc1ccccc1. The molecule has 4 nitrogen and oxygen atoms in total. The average molecular weight is 376 g/mol. The molecular formula is C24H29N3O. The zero-order valence-corrected chi connectivity index (χ0v) is 16.6. The Morgan fingerprint density at radius 3 is 2.39 bits per heavy atom. The summed E-state index contributed by atoms with van der Waals surface area (Å²) in [5.41, 5.74) is 5.16. The van der Waals surface area contributed by atoms with Gasteiger partial charge in [0, 0.05) is 37.5 Å². The first kappa shape index (κ1) is 18.9. The zero-order chi connectivity index (χ0) is 19.2. The first-order valence-corrected chi connectivity index (χ1v) is 10.2. The Morgan fingerprint density at radius 1 is 1.00 bits per heavy atom. The highest BCUT2D eigenvalue weighted by Crippen LogP contribution is 2.19. The highest BCUT2D eigenvalue weighted by Gasteiger charge is 2.21. The molecule has 1 aliphatic heterocycles. The minimum atomic E-state index is 0.350. The van der Waals surface area contributed by atoms with E-state index in [9.17, 15) is 0 Å². The fourth-order valence-electron chi connectivity index (χ4n) is 3.90. The highest BCUT2D eigenvalue weighted by atomic mass is 16.5. The van der Waals surface area contributed by atoms with E-state index in [-0.39, 0.29) is 0 Å². The average Bonchev–Trinajstić information content (AvgIpc) is 3.35. The van der Waals surface area contributed by atoms with Crippen LogP contribution in [0.15, 0.2) is 66.9 Å². The van der Waals surface area contributed by atoms with E-state index in [2.05, 4.69) is 82.3 Å². The van der Waals surface area contributed by atoms with Gasteiger partial charge in [0.05, 0.1) is 18.8 Å². The molecule has 0 saturated carbocycles. The van der Waals surface area contributed by atoms with Crippen LogP contribution in [-0.2, 0) is 24.4 Å². The van der Waals surface area contributed by atoms with Crippen molar-refractivity contribution < 1.29 is 4.74 Å². The molecule has 2 heterocycles. The van der Waals surface area contributed by atoms with Gasteiger partial charge in [-0.25, -0.2) is 0 Å². The highest BCUT2D eigenvalue weighted by molar-refractivity contribution is 5.21. The summed E-state index contributed by atoms with van der Waals surface area (Å²) in [6.07, 6.45) is 4.73. The number of benzene rings is 2. The van der Waals surface area contributed by atoms with E-state index in [4.69, 9.17) is 4.74 Å². The normalized spacial score (nSPS) is 16.7. The number of hydrogen-bond acceptors (Lipinski definition) is 3. The van der Waals surface area contributed by atoms with E-state index in [0.717, 1.165) is 39.2 Å². The van der Waals surface area contributed by atoms with Gasteiger partial charge in [0.15, 0.2) is 0 Å². The van der Waals surface area contributed by atoms with Crippen molar-refractivity contribution in [3.05, 3.63) is 89.2 Å². The molecule has 1 aliphatic rings. The molecule has 3 aromatic rings. The van der Waals surface area contributed by atoms with Crippen molar-refractivity contribution in [1.29, 1.82) is 0 Å². The van der Waals surface area contributed by atoms with Crippen molar-refractivity contribution in [2.24, 2.45) is 0 Å². The predicted octanol–water partition coefficient (Wildman–Crippen LogP) is 4.42. The van der Waals surface area contributed by atoms with Gasteiger partial charge in [-0.2, -0.15) is 5.10 Å². The largest absolute Gasteiger partial charge is 0.377 e. The number of ether oxygens (including phenoxy) is 1. The summed E-state index contributed by atoms with van der Waals surface area (Å²) in [7, 11) is 0. The third-order valence-electron chi connectivity index (χ3n) is 5.51. The van der Waals surface area contributed by atoms with Crippen molar-refractivity contribution in [3.63, 3.8) is 0 Å². The molecule has 1 saturated heterocycles. The van der Waals surface area contributed by atoms with Crippen molar-refractivity contribution in [2.75, 3.05) is 13.2 Å². The van der Waals surface area contributed by atoms with Crippen molar-refractivity contribution >= 4 is 0 Å². The van der Waals surface area contributed by atoms with E-state index in [1.807, 2.05) is 6.20 Å². The molecule has 0 radical (unpaired) electrons. The molecule has 4 heteroatoms. The van der Waals surface area contributed by atoms with Gasteiger partial charge in [-0.3, -0.25) is 9.58 Å². The van der Waals surface area contributed by atoms with Crippen LogP contribution >= 0.6 is 0 Å². The fourth-order valence-corrected chi connectivity index (χ4v) is 3.90. The maximum atomic E-state index is 5.91. The predicted molar refractivity (Wildman–Crippen MR) is 112 cm³/mol. The Morgan fingerprint density at radius 2 is 1.71 bits per heavy atom. The van der Waals surface area contributed by atoms with Crippen LogP contribution in [0.2, 0.25) is 0 Å². The molecule has 2 aromatic carbocycles. The van der Waals surface area contributed by atoms with Crippen molar-refractivity contribution in [2.45, 2.75) is 45.5 Å². The van der Waals surface area contributed by atoms with Crippen LogP contribution in [-0.4, -0.2) is 33.9 Å². The van der Waals surface area contributed by atoms with E-state index >= 15 is 0 Å². The Labute approximate surface area is 167 Å². The van der Waals surface area contributed by atoms with E-state index in [1.54, 1.807) is 0 Å². The summed E-state index contributed by atoms with van der Waals surface area (Å²) in [5, 5.41) is 4.66. The summed E-state index contributed by atoms with van der Waals surface area (Å²) in [5.74, 6) is 0. The van der Waals surface area contributed by atoms with Crippen molar-refractivity contribution in [3.8, 4) is 0 Å². The van der Waals surface area contributed by atoms with Gasteiger partial charge in [-0.15, -0.1) is 0 Å². The van der Waals surface area contributed by atoms with Gasteiger partial charge in [0.2, 0.25) is 0 Å². The number of hydrogen-bond donors (Lipinski definition) is 0. The van der Waals surface area contributed by atoms with E-state index in [0.29, 0.717) is 6.10 Å². The van der Waals surface area contributed by atoms with Crippen LogP contribution in [0.1, 0.15) is 35.2 Å². The lowest BCUT2D eigenvalue weighted by atomic mass is 10.1. The molecule has 1 fully saturated rings. The molecular weight excluding hydrogens is 346 g/mol. The van der Waals surface area contributed by atoms with Gasteiger partial charge in [0.1, 0.15) is 0 Å². The molecule has 0 amide bonds. The van der Waals surface area contributed by atoms with Crippen LogP contribution in [0.5, 0.6) is 0 Å². The summed E-state index contributed by atoms with van der Waals surface area (Å²) < 4.78 is 8.02. The first-order chi connectivity index (χ1) is 13.8. The molecule has 1 aromatic heterocycles. The number of nitrogens with zero attached hydrogens (tertiary/aromatic N) is 3. The lowest BCUT2D eigenvalue weighted by molar-refractivity contribution is 0.0678. The minimum Gasteiger partial charge on any atom is -0.377 e. The second-order valence-electron chi connectivity index (χ2n) is 7.69. The Hall–Kier alpha value is -2.43. The smallest absolute Gasteiger partial charge is 0.0703 e. The van der Waals surface area contributed by atoms with E-state index < -0.39 is 0 Å². The third-order valence-corrected chi connectivity index (χ3v) is 5.51. The number of rotatable bonds is 8. The van der Waals surface area contributed by atoms with Crippen LogP contribution in [0.25, 0.3) is 0 Å². The van der Waals surface area contributed by atoms with Crippen LogP contribution in [0.4, 0.5) is 0 Å². The zero-order valence-electron chi connectivity index (χ0n) is 16.6. The maximum Gasteiger partial charge on any atom is 0.0703 e. The summed E-state index contributed by atoms with van der Waals surface area (Å²) >= 11 is 0. The Bertz CT molecular complexity index is 854. The molecule has 4 rings (SSSR count). The van der Waals surface area contributed by atoms with E-state index in [1.165, 1.54) is 28.8 Å². The molecule has 1 atom stereocenters. The lowest BCUT2D eigenvalue weighted by Crippen LogP contribution is -2.31. The molecule has 146 valence electrons. The summed E-state index contributed by atoms with van der Waals surface area (Å²) in [4.78, 5) is 2.50. The van der Waals surface area contributed by atoms with Crippen LogP contribution in [0.3, 0.4) is 0 Å². The monoisotopic (exact) mass is 375 g/mol. The van der Waals surface area contributed by atoms with Gasteiger partial charge in [0.25, 0.3) is 0 Å². The summed E-state index contributed by atoms with van der Waals surface area (Å²) in [6, 6.07) is 21.2. The quantitative estimate of drug-likeness (QED) is 0.584. The molecule has 0 bridgehead atoms. The Kier molecular flexibility index (Phi) is 6.20. The van der Waals surface area contributed by atoms with Crippen LogP contribution in [0, 0.1) is 6.92 Å². The molecule has 28 heavy (non-hydrogen) atoms. The number of aromatic nitrogens is 2. The van der Waals surface area contributed by atoms with Gasteiger partial charge < -0.3 is 4.74 Å². The molecule has 0 N–H and O–H groups in total. The maximum absolute atomic E-state index is 5.91. The second kappa shape index (κ2) is 9.18. The minimum absolute atomic E-state index is 0.350. The molecule has 0 spiro atoms. The molecule has 1 unspecified atom stereocenters. The van der Waals surface area contributed by atoms with Gasteiger partial charge in [-0.1, -0.05) is 60.7 Å². The lowest BCUT2D eigenvalue weighted by Gasteiger charge is -2.25. The fraction of sp³-hybridized carbons (Fsp3) is 0.375. The second-order valence-corrected chi connectivity index (χ2v) is 7.69. The summed E-state index contributed by atoms with van der Waals surface area (Å²) in [6.45, 7) is 6.70.